The SMILES string of the molecule is COc1cc(C)ccc1C(N)c1cc(F)ccc1C. The normalized spacial score (nSPS) is 12.3. The van der Waals surface area contributed by atoms with Crippen molar-refractivity contribution in [1.82, 2.24) is 0 Å². The second-order valence-corrected chi connectivity index (χ2v) is 4.72. The van der Waals surface area contributed by atoms with Gasteiger partial charge in [0.25, 0.3) is 0 Å². The minimum atomic E-state index is -0.397. The Labute approximate surface area is 113 Å². The van der Waals surface area contributed by atoms with Gasteiger partial charge in [0.05, 0.1) is 13.2 Å². The fourth-order valence-electron chi connectivity index (χ4n) is 2.19. The van der Waals surface area contributed by atoms with Crippen LogP contribution >= 0.6 is 0 Å². The monoisotopic (exact) mass is 259 g/mol. The summed E-state index contributed by atoms with van der Waals surface area (Å²) in [6.45, 7) is 3.92. The zero-order chi connectivity index (χ0) is 14.0. The summed E-state index contributed by atoms with van der Waals surface area (Å²) < 4.78 is 18.7. The molecule has 19 heavy (non-hydrogen) atoms. The molecule has 0 aliphatic carbocycles. The van der Waals surface area contributed by atoms with Gasteiger partial charge in [0, 0.05) is 5.56 Å². The van der Waals surface area contributed by atoms with E-state index in [9.17, 15) is 4.39 Å². The summed E-state index contributed by atoms with van der Waals surface area (Å²) in [6.07, 6.45) is 0. The van der Waals surface area contributed by atoms with Gasteiger partial charge in [-0.05, 0) is 48.7 Å². The van der Waals surface area contributed by atoms with E-state index in [-0.39, 0.29) is 5.82 Å². The molecule has 100 valence electrons. The van der Waals surface area contributed by atoms with E-state index in [4.69, 9.17) is 10.5 Å². The largest absolute Gasteiger partial charge is 0.496 e. The molecule has 0 spiro atoms. The fraction of sp³-hybridized carbons (Fsp3) is 0.250. The van der Waals surface area contributed by atoms with Gasteiger partial charge < -0.3 is 10.5 Å². The maximum Gasteiger partial charge on any atom is 0.124 e. The van der Waals surface area contributed by atoms with Crippen LogP contribution in [0.5, 0.6) is 5.75 Å². The van der Waals surface area contributed by atoms with Gasteiger partial charge in [-0.1, -0.05) is 18.2 Å². The zero-order valence-electron chi connectivity index (χ0n) is 11.4. The van der Waals surface area contributed by atoms with Gasteiger partial charge in [0.15, 0.2) is 0 Å². The molecule has 0 saturated heterocycles. The highest BCUT2D eigenvalue weighted by molar-refractivity contribution is 5.45. The number of benzene rings is 2. The molecular formula is C16H18FNO. The predicted molar refractivity (Wildman–Crippen MR) is 74.9 cm³/mol. The molecule has 1 atom stereocenters. The Balaban J connectivity index is 2.49. The zero-order valence-corrected chi connectivity index (χ0v) is 11.4. The van der Waals surface area contributed by atoms with E-state index in [0.29, 0.717) is 0 Å². The summed E-state index contributed by atoms with van der Waals surface area (Å²) >= 11 is 0. The summed E-state index contributed by atoms with van der Waals surface area (Å²) in [7, 11) is 1.61. The van der Waals surface area contributed by atoms with Gasteiger partial charge in [-0.2, -0.15) is 0 Å². The van der Waals surface area contributed by atoms with Crippen molar-refractivity contribution in [2.75, 3.05) is 7.11 Å². The number of ether oxygens (including phenoxy) is 1. The molecular weight excluding hydrogens is 241 g/mol. The first-order valence-electron chi connectivity index (χ1n) is 6.19. The average Bonchev–Trinajstić information content (AvgIpc) is 2.40. The second kappa shape index (κ2) is 5.41. The van der Waals surface area contributed by atoms with Gasteiger partial charge >= 0.3 is 0 Å². The average molecular weight is 259 g/mol. The van der Waals surface area contributed by atoms with Crippen LogP contribution in [0, 0.1) is 19.7 Å². The van der Waals surface area contributed by atoms with Gasteiger partial charge in [0.2, 0.25) is 0 Å². The van der Waals surface area contributed by atoms with Crippen molar-refractivity contribution >= 4 is 0 Å². The summed E-state index contributed by atoms with van der Waals surface area (Å²) in [5.74, 6) is 0.457. The Hall–Kier alpha value is -1.87. The highest BCUT2D eigenvalue weighted by Crippen LogP contribution is 2.30. The van der Waals surface area contributed by atoms with Gasteiger partial charge in [-0.25, -0.2) is 4.39 Å². The molecule has 3 heteroatoms. The van der Waals surface area contributed by atoms with Crippen LogP contribution in [0.25, 0.3) is 0 Å². The standard InChI is InChI=1S/C16H18FNO/c1-10-4-7-13(15(8-10)19-3)16(18)14-9-12(17)6-5-11(14)2/h4-9,16H,18H2,1-3H3. The lowest BCUT2D eigenvalue weighted by atomic mass is 9.94. The molecule has 2 N–H and O–H groups in total. The number of hydrogen-bond acceptors (Lipinski definition) is 2. The molecule has 0 aromatic heterocycles. The molecule has 0 fully saturated rings. The Kier molecular flexibility index (Phi) is 3.86. The smallest absolute Gasteiger partial charge is 0.124 e. The lowest BCUT2D eigenvalue weighted by Crippen LogP contribution is -2.14. The molecule has 0 aliphatic rings. The molecule has 2 nitrogen and oxygen atoms in total. The maximum atomic E-state index is 13.4. The van der Waals surface area contributed by atoms with E-state index in [1.807, 2.05) is 32.0 Å². The lowest BCUT2D eigenvalue weighted by molar-refractivity contribution is 0.407. The minimum Gasteiger partial charge on any atom is -0.496 e. The first kappa shape index (κ1) is 13.6. The van der Waals surface area contributed by atoms with Crippen LogP contribution in [-0.4, -0.2) is 7.11 Å². The van der Waals surface area contributed by atoms with Crippen LogP contribution in [0.4, 0.5) is 4.39 Å². The summed E-state index contributed by atoms with van der Waals surface area (Å²) in [5, 5.41) is 0. The van der Waals surface area contributed by atoms with Crippen LogP contribution in [0.3, 0.4) is 0 Å². The van der Waals surface area contributed by atoms with Crippen molar-refractivity contribution in [2.45, 2.75) is 19.9 Å². The third-order valence-corrected chi connectivity index (χ3v) is 3.30. The molecule has 0 aliphatic heterocycles. The van der Waals surface area contributed by atoms with Crippen LogP contribution < -0.4 is 10.5 Å². The molecule has 2 aromatic rings. The van der Waals surface area contributed by atoms with E-state index < -0.39 is 6.04 Å². The van der Waals surface area contributed by atoms with Crippen molar-refractivity contribution < 1.29 is 9.13 Å². The Morgan fingerprint density at radius 2 is 1.79 bits per heavy atom. The van der Waals surface area contributed by atoms with E-state index in [1.54, 1.807) is 13.2 Å². The molecule has 0 heterocycles. The van der Waals surface area contributed by atoms with Crippen LogP contribution in [0.1, 0.15) is 28.3 Å². The number of aryl methyl sites for hydroxylation is 2. The van der Waals surface area contributed by atoms with Gasteiger partial charge in [-0.3, -0.25) is 0 Å². The number of methoxy groups -OCH3 is 1. The van der Waals surface area contributed by atoms with E-state index >= 15 is 0 Å². The van der Waals surface area contributed by atoms with Gasteiger partial charge in [-0.15, -0.1) is 0 Å². The Morgan fingerprint density at radius 3 is 2.47 bits per heavy atom. The van der Waals surface area contributed by atoms with Crippen LogP contribution in [-0.2, 0) is 0 Å². The van der Waals surface area contributed by atoms with Crippen molar-refractivity contribution in [1.29, 1.82) is 0 Å². The van der Waals surface area contributed by atoms with E-state index in [0.717, 1.165) is 28.0 Å². The third kappa shape index (κ3) is 2.76. The van der Waals surface area contributed by atoms with Crippen molar-refractivity contribution in [3.05, 3.63) is 64.5 Å². The number of rotatable bonds is 3. The van der Waals surface area contributed by atoms with Crippen molar-refractivity contribution in [3.63, 3.8) is 0 Å². The molecule has 2 aromatic carbocycles. The summed E-state index contributed by atoms with van der Waals surface area (Å²) in [4.78, 5) is 0. The quantitative estimate of drug-likeness (QED) is 0.915. The Bertz CT molecular complexity index is 595. The Morgan fingerprint density at radius 1 is 1.05 bits per heavy atom. The summed E-state index contributed by atoms with van der Waals surface area (Å²) in [6, 6.07) is 10.1. The molecule has 2 rings (SSSR count). The number of nitrogens with two attached hydrogens (primary N) is 1. The van der Waals surface area contributed by atoms with Crippen molar-refractivity contribution in [2.24, 2.45) is 5.73 Å². The molecule has 1 unspecified atom stereocenters. The molecule has 0 amide bonds. The van der Waals surface area contributed by atoms with Crippen LogP contribution in [0.15, 0.2) is 36.4 Å². The second-order valence-electron chi connectivity index (χ2n) is 4.72. The molecule has 0 radical (unpaired) electrons. The van der Waals surface area contributed by atoms with E-state index in [1.165, 1.54) is 12.1 Å². The topological polar surface area (TPSA) is 35.2 Å². The molecule has 0 bridgehead atoms. The fourth-order valence-corrected chi connectivity index (χ4v) is 2.19. The summed E-state index contributed by atoms with van der Waals surface area (Å²) in [5.41, 5.74) is 9.98. The first-order chi connectivity index (χ1) is 9.02. The first-order valence-corrected chi connectivity index (χ1v) is 6.19. The molecule has 0 saturated carbocycles. The van der Waals surface area contributed by atoms with Crippen LogP contribution in [0.2, 0.25) is 0 Å². The highest BCUT2D eigenvalue weighted by Gasteiger charge is 2.16. The predicted octanol–water partition coefficient (Wildman–Crippen LogP) is 3.50. The van der Waals surface area contributed by atoms with Gasteiger partial charge in [0.1, 0.15) is 11.6 Å². The van der Waals surface area contributed by atoms with Crippen molar-refractivity contribution in [3.8, 4) is 5.75 Å². The minimum absolute atomic E-state index is 0.276. The third-order valence-electron chi connectivity index (χ3n) is 3.30. The highest BCUT2D eigenvalue weighted by atomic mass is 19.1. The number of halogens is 1. The van der Waals surface area contributed by atoms with E-state index in [2.05, 4.69) is 0 Å². The number of hydrogen-bond donors (Lipinski definition) is 1. The maximum absolute atomic E-state index is 13.4. The lowest BCUT2D eigenvalue weighted by Gasteiger charge is -2.18.